The average Bonchev–Trinajstić information content (AvgIpc) is 3.33. The fourth-order valence-electron chi connectivity index (χ4n) is 3.81. The number of imide groups is 1. The van der Waals surface area contributed by atoms with Crippen LogP contribution in [0.15, 0.2) is 71.3 Å². The highest BCUT2D eigenvalue weighted by Gasteiger charge is 2.49. The first-order chi connectivity index (χ1) is 14.9. The van der Waals surface area contributed by atoms with Crippen molar-refractivity contribution in [3.05, 3.63) is 83.7 Å². The van der Waals surface area contributed by atoms with E-state index >= 15 is 0 Å². The fourth-order valence-corrected chi connectivity index (χ4v) is 3.81. The zero-order chi connectivity index (χ0) is 21.6. The van der Waals surface area contributed by atoms with E-state index in [2.05, 4.69) is 15.5 Å². The third-order valence-electron chi connectivity index (χ3n) is 5.67. The Bertz CT molecular complexity index is 1310. The van der Waals surface area contributed by atoms with Crippen molar-refractivity contribution in [3.63, 3.8) is 0 Å². The molecule has 1 N–H and O–H groups in total. The van der Waals surface area contributed by atoms with Gasteiger partial charge in [0, 0.05) is 5.56 Å². The molecule has 0 radical (unpaired) electrons. The van der Waals surface area contributed by atoms with Crippen molar-refractivity contribution < 1.29 is 14.1 Å². The molecule has 3 aromatic carbocycles. The number of nitrogens with one attached hydrogen (secondary N) is 1. The summed E-state index contributed by atoms with van der Waals surface area (Å²) >= 11 is 0. The van der Waals surface area contributed by atoms with Crippen LogP contribution in [0.3, 0.4) is 0 Å². The van der Waals surface area contributed by atoms with Gasteiger partial charge in [0.2, 0.25) is 11.7 Å². The zero-order valence-electron chi connectivity index (χ0n) is 17.1. The summed E-state index contributed by atoms with van der Waals surface area (Å²) in [6, 6.07) is 20.8. The Hall–Kier alpha value is -4.00. The van der Waals surface area contributed by atoms with E-state index in [0.717, 1.165) is 32.4 Å². The summed E-state index contributed by atoms with van der Waals surface area (Å²) in [5.74, 6) is 0.254. The molecule has 3 amide bonds. The van der Waals surface area contributed by atoms with Gasteiger partial charge in [-0.2, -0.15) is 4.98 Å². The Balaban J connectivity index is 1.40. The first kappa shape index (κ1) is 19.0. The molecule has 154 valence electrons. The summed E-state index contributed by atoms with van der Waals surface area (Å²) in [5, 5.41) is 8.87. The molecule has 0 saturated carbocycles. The van der Waals surface area contributed by atoms with Crippen LogP contribution in [0.1, 0.15) is 23.9 Å². The first-order valence-corrected chi connectivity index (χ1v) is 9.97. The van der Waals surface area contributed by atoms with Gasteiger partial charge in [0.15, 0.2) is 0 Å². The minimum Gasteiger partial charge on any atom is -0.337 e. The second kappa shape index (κ2) is 7.05. The van der Waals surface area contributed by atoms with Crippen molar-refractivity contribution in [1.82, 2.24) is 20.4 Å². The van der Waals surface area contributed by atoms with Gasteiger partial charge in [0.05, 0.1) is 0 Å². The maximum absolute atomic E-state index is 13.2. The van der Waals surface area contributed by atoms with Crippen molar-refractivity contribution in [3.8, 4) is 11.4 Å². The lowest BCUT2D eigenvalue weighted by Gasteiger charge is -2.22. The molecular weight excluding hydrogens is 392 g/mol. The van der Waals surface area contributed by atoms with Gasteiger partial charge in [-0.15, -0.1) is 0 Å². The summed E-state index contributed by atoms with van der Waals surface area (Å²) in [6.45, 7) is 3.62. The highest BCUT2D eigenvalue weighted by Crippen LogP contribution is 2.32. The Morgan fingerprint density at radius 3 is 2.52 bits per heavy atom. The van der Waals surface area contributed by atoms with Crippen LogP contribution in [-0.4, -0.2) is 27.0 Å². The quantitative estimate of drug-likeness (QED) is 0.509. The van der Waals surface area contributed by atoms with Gasteiger partial charge in [0.1, 0.15) is 12.1 Å². The number of hydrogen-bond acceptors (Lipinski definition) is 5. The second-order valence-corrected chi connectivity index (χ2v) is 7.89. The van der Waals surface area contributed by atoms with Gasteiger partial charge in [-0.05, 0) is 36.2 Å². The average molecular weight is 412 g/mol. The molecule has 1 atom stereocenters. The molecule has 7 nitrogen and oxygen atoms in total. The molecule has 0 bridgehead atoms. The SMILES string of the molecule is Cc1ccc(-c2noc(CN3C(=O)N[C@@](C)(c4ccc5ccccc5c4)C3=O)n2)cc1. The summed E-state index contributed by atoms with van der Waals surface area (Å²) in [7, 11) is 0. The Morgan fingerprint density at radius 1 is 1.00 bits per heavy atom. The Morgan fingerprint density at radius 2 is 1.74 bits per heavy atom. The lowest BCUT2D eigenvalue weighted by molar-refractivity contribution is -0.131. The number of hydrogen-bond donors (Lipinski definition) is 1. The maximum Gasteiger partial charge on any atom is 0.325 e. The van der Waals surface area contributed by atoms with Crippen molar-refractivity contribution >= 4 is 22.7 Å². The number of aryl methyl sites for hydroxylation is 1. The zero-order valence-corrected chi connectivity index (χ0v) is 17.1. The molecule has 1 aliphatic rings. The van der Waals surface area contributed by atoms with E-state index in [9.17, 15) is 9.59 Å². The monoisotopic (exact) mass is 412 g/mol. The molecule has 1 aliphatic heterocycles. The molecule has 2 heterocycles. The normalized spacial score (nSPS) is 18.6. The minimum absolute atomic E-state index is 0.0906. The van der Waals surface area contributed by atoms with Crippen LogP contribution >= 0.6 is 0 Å². The Kier molecular flexibility index (Phi) is 4.32. The molecule has 1 fully saturated rings. The molecule has 4 aromatic rings. The highest BCUT2D eigenvalue weighted by molar-refractivity contribution is 6.07. The smallest absolute Gasteiger partial charge is 0.325 e. The number of fused-ring (bicyclic) bond motifs is 1. The van der Waals surface area contributed by atoms with Crippen LogP contribution in [-0.2, 0) is 16.9 Å². The summed E-state index contributed by atoms with van der Waals surface area (Å²) in [6.07, 6.45) is 0. The summed E-state index contributed by atoms with van der Waals surface area (Å²) in [5.41, 5.74) is 1.48. The number of carbonyl (C=O) groups is 2. The number of urea groups is 1. The third kappa shape index (κ3) is 3.24. The Labute approximate surface area is 178 Å². The van der Waals surface area contributed by atoms with Gasteiger partial charge < -0.3 is 9.84 Å². The molecular formula is C24H20N4O3. The predicted molar refractivity (Wildman–Crippen MR) is 115 cm³/mol. The lowest BCUT2D eigenvalue weighted by Crippen LogP contribution is -2.40. The predicted octanol–water partition coefficient (Wildman–Crippen LogP) is 4.17. The van der Waals surface area contributed by atoms with Crippen molar-refractivity contribution in [2.24, 2.45) is 0 Å². The number of amides is 3. The van der Waals surface area contributed by atoms with Crippen LogP contribution in [0.25, 0.3) is 22.2 Å². The molecule has 0 aliphatic carbocycles. The van der Waals surface area contributed by atoms with Gasteiger partial charge in [-0.25, -0.2) is 4.79 Å². The number of aromatic nitrogens is 2. The summed E-state index contributed by atoms with van der Waals surface area (Å²) in [4.78, 5) is 31.4. The molecule has 31 heavy (non-hydrogen) atoms. The van der Waals surface area contributed by atoms with Crippen molar-refractivity contribution in [2.45, 2.75) is 25.9 Å². The molecule has 1 saturated heterocycles. The van der Waals surface area contributed by atoms with E-state index in [1.807, 2.05) is 73.7 Å². The van der Waals surface area contributed by atoms with E-state index in [4.69, 9.17) is 4.52 Å². The third-order valence-corrected chi connectivity index (χ3v) is 5.67. The van der Waals surface area contributed by atoms with Gasteiger partial charge in [0.25, 0.3) is 5.91 Å². The number of benzene rings is 3. The molecule has 0 unspecified atom stereocenters. The minimum atomic E-state index is -1.17. The highest BCUT2D eigenvalue weighted by atomic mass is 16.5. The van der Waals surface area contributed by atoms with E-state index in [-0.39, 0.29) is 18.3 Å². The standard InChI is InChI=1S/C24H20N4O3/c1-15-7-9-17(10-8-15)21-25-20(31-27-21)14-28-22(29)24(2,26-23(28)30)19-12-11-16-5-3-4-6-18(16)13-19/h3-13H,14H2,1-2H3,(H,26,30)/t24-/m0/s1. The van der Waals surface area contributed by atoms with Crippen molar-refractivity contribution in [2.75, 3.05) is 0 Å². The van der Waals surface area contributed by atoms with Crippen LogP contribution in [0.5, 0.6) is 0 Å². The largest absolute Gasteiger partial charge is 0.337 e. The first-order valence-electron chi connectivity index (χ1n) is 9.97. The van der Waals surface area contributed by atoms with Crippen LogP contribution in [0, 0.1) is 6.92 Å². The summed E-state index contributed by atoms with van der Waals surface area (Å²) < 4.78 is 5.30. The fraction of sp³-hybridized carbons (Fsp3) is 0.167. The van der Waals surface area contributed by atoms with Crippen LogP contribution in [0.4, 0.5) is 4.79 Å². The van der Waals surface area contributed by atoms with Crippen molar-refractivity contribution in [1.29, 1.82) is 0 Å². The topological polar surface area (TPSA) is 88.3 Å². The van der Waals surface area contributed by atoms with Crippen LogP contribution < -0.4 is 5.32 Å². The number of rotatable bonds is 4. The molecule has 0 spiro atoms. The maximum atomic E-state index is 13.2. The van der Waals surface area contributed by atoms with E-state index in [1.54, 1.807) is 6.92 Å². The number of nitrogens with zero attached hydrogens (tertiary/aromatic N) is 3. The molecule has 5 rings (SSSR count). The van der Waals surface area contributed by atoms with Gasteiger partial charge >= 0.3 is 6.03 Å². The van der Waals surface area contributed by atoms with Crippen LogP contribution in [0.2, 0.25) is 0 Å². The van der Waals surface area contributed by atoms with E-state index in [1.165, 1.54) is 0 Å². The molecule has 1 aromatic heterocycles. The molecule has 7 heteroatoms. The van der Waals surface area contributed by atoms with E-state index < -0.39 is 11.6 Å². The lowest BCUT2D eigenvalue weighted by atomic mass is 9.90. The van der Waals surface area contributed by atoms with Gasteiger partial charge in [-0.3, -0.25) is 9.69 Å². The van der Waals surface area contributed by atoms with E-state index in [0.29, 0.717) is 5.82 Å². The number of carbonyl (C=O) groups excluding carboxylic acids is 2. The second-order valence-electron chi connectivity index (χ2n) is 7.89. The van der Waals surface area contributed by atoms with Gasteiger partial charge in [-0.1, -0.05) is 71.4 Å².